The predicted octanol–water partition coefficient (Wildman–Crippen LogP) is 3.05. The molecule has 0 aromatic heterocycles. The maximum atomic E-state index is 11.2. The fourth-order valence-electron chi connectivity index (χ4n) is 1.27. The summed E-state index contributed by atoms with van der Waals surface area (Å²) < 4.78 is 5.12. The number of carbonyl (C=O) groups excluding carboxylic acids is 1. The minimum absolute atomic E-state index is 0.0647. The van der Waals surface area contributed by atoms with E-state index in [0.29, 0.717) is 0 Å². The summed E-state index contributed by atoms with van der Waals surface area (Å²) in [6.07, 6.45) is 5.54. The number of carbonyl (C=O) groups is 1. The van der Waals surface area contributed by atoms with Gasteiger partial charge in [-0.15, -0.1) is 0 Å². The van der Waals surface area contributed by atoms with Crippen LogP contribution in [0.5, 0.6) is 0 Å². The molecule has 0 aliphatic rings. The van der Waals surface area contributed by atoms with Crippen LogP contribution in [-0.4, -0.2) is 12.1 Å². The number of hydrogen-bond donors (Lipinski definition) is 0. The van der Waals surface area contributed by atoms with Gasteiger partial charge in [-0.2, -0.15) is 5.26 Å². The van der Waals surface area contributed by atoms with Gasteiger partial charge < -0.3 is 4.74 Å². The molecule has 0 aromatic rings. The van der Waals surface area contributed by atoms with Crippen LogP contribution in [0, 0.1) is 17.2 Å². The number of rotatable bonds is 7. The van der Waals surface area contributed by atoms with E-state index in [2.05, 4.69) is 6.92 Å². The van der Waals surface area contributed by atoms with E-state index in [9.17, 15) is 4.79 Å². The van der Waals surface area contributed by atoms with Crippen molar-refractivity contribution in [1.29, 1.82) is 5.26 Å². The Kier molecular flexibility index (Phi) is 7.71. The lowest BCUT2D eigenvalue weighted by Crippen LogP contribution is -2.19. The zero-order chi connectivity index (χ0) is 11.7. The molecule has 2 unspecified atom stereocenters. The highest BCUT2D eigenvalue weighted by Gasteiger charge is 2.16. The summed E-state index contributed by atoms with van der Waals surface area (Å²) in [6, 6.07) is 1.87. The van der Waals surface area contributed by atoms with Crippen LogP contribution >= 0.6 is 0 Å². The van der Waals surface area contributed by atoms with Crippen molar-refractivity contribution < 1.29 is 9.53 Å². The zero-order valence-electron chi connectivity index (χ0n) is 9.95. The number of esters is 1. The molecule has 0 N–H and O–H groups in total. The van der Waals surface area contributed by atoms with Crippen LogP contribution in [0.1, 0.15) is 52.9 Å². The van der Waals surface area contributed by atoms with E-state index in [1.165, 1.54) is 19.3 Å². The van der Waals surface area contributed by atoms with Crippen LogP contribution in [0.4, 0.5) is 0 Å². The Morgan fingerprint density at radius 3 is 2.53 bits per heavy atom. The molecule has 0 radical (unpaired) electrons. The van der Waals surface area contributed by atoms with Crippen LogP contribution in [0.25, 0.3) is 0 Å². The van der Waals surface area contributed by atoms with E-state index in [1.807, 2.05) is 13.0 Å². The van der Waals surface area contributed by atoms with Crippen molar-refractivity contribution in [3.05, 3.63) is 0 Å². The van der Waals surface area contributed by atoms with Crippen LogP contribution in [0.2, 0.25) is 0 Å². The zero-order valence-corrected chi connectivity index (χ0v) is 9.95. The first-order valence-electron chi connectivity index (χ1n) is 5.71. The third kappa shape index (κ3) is 6.96. The maximum Gasteiger partial charge on any atom is 0.323 e. The standard InChI is InChI=1S/C12H21NO2/c1-4-5-6-7-8-11(3)15-12(14)10(2)9-13/h10-11H,4-8H2,1-3H3. The maximum absolute atomic E-state index is 11.2. The molecule has 0 saturated carbocycles. The quantitative estimate of drug-likeness (QED) is 0.480. The second kappa shape index (κ2) is 8.28. The van der Waals surface area contributed by atoms with Gasteiger partial charge in [0.1, 0.15) is 5.92 Å². The molecular formula is C12H21NO2. The molecule has 0 spiro atoms. The van der Waals surface area contributed by atoms with Crippen molar-refractivity contribution >= 4 is 5.97 Å². The second-order valence-corrected chi connectivity index (χ2v) is 3.95. The average Bonchev–Trinajstić information content (AvgIpc) is 2.23. The Labute approximate surface area is 92.4 Å². The summed E-state index contributed by atoms with van der Waals surface area (Å²) >= 11 is 0. The smallest absolute Gasteiger partial charge is 0.323 e. The molecule has 0 bridgehead atoms. The van der Waals surface area contributed by atoms with Crippen LogP contribution < -0.4 is 0 Å². The van der Waals surface area contributed by atoms with Crippen LogP contribution in [0.15, 0.2) is 0 Å². The highest BCUT2D eigenvalue weighted by atomic mass is 16.5. The highest BCUT2D eigenvalue weighted by molar-refractivity contribution is 5.74. The van der Waals surface area contributed by atoms with Gasteiger partial charge in [0.25, 0.3) is 0 Å². The molecular weight excluding hydrogens is 190 g/mol. The third-order valence-corrected chi connectivity index (χ3v) is 2.33. The Bertz CT molecular complexity index is 220. The molecule has 0 aliphatic carbocycles. The van der Waals surface area contributed by atoms with Gasteiger partial charge in [0, 0.05) is 0 Å². The van der Waals surface area contributed by atoms with Crippen molar-refractivity contribution in [2.45, 2.75) is 59.0 Å². The van der Waals surface area contributed by atoms with Crippen molar-refractivity contribution in [2.24, 2.45) is 5.92 Å². The molecule has 0 rings (SSSR count). The van der Waals surface area contributed by atoms with Crippen LogP contribution in [-0.2, 0) is 9.53 Å². The van der Waals surface area contributed by atoms with E-state index in [0.717, 1.165) is 12.8 Å². The lowest BCUT2D eigenvalue weighted by atomic mass is 10.1. The number of nitrogens with zero attached hydrogens (tertiary/aromatic N) is 1. The van der Waals surface area contributed by atoms with Crippen LogP contribution in [0.3, 0.4) is 0 Å². The third-order valence-electron chi connectivity index (χ3n) is 2.33. The minimum Gasteiger partial charge on any atom is -0.462 e. The van der Waals surface area contributed by atoms with Gasteiger partial charge in [0.05, 0.1) is 12.2 Å². The average molecular weight is 211 g/mol. The predicted molar refractivity (Wildman–Crippen MR) is 59.1 cm³/mol. The van der Waals surface area contributed by atoms with Crippen molar-refractivity contribution in [3.8, 4) is 6.07 Å². The normalized spacial score (nSPS) is 14.0. The van der Waals surface area contributed by atoms with Gasteiger partial charge >= 0.3 is 5.97 Å². The summed E-state index contributed by atoms with van der Waals surface area (Å²) in [5, 5.41) is 8.51. The lowest BCUT2D eigenvalue weighted by molar-refractivity contribution is -0.151. The second-order valence-electron chi connectivity index (χ2n) is 3.95. The van der Waals surface area contributed by atoms with Gasteiger partial charge in [-0.25, -0.2) is 0 Å². The van der Waals surface area contributed by atoms with E-state index < -0.39 is 11.9 Å². The molecule has 0 heterocycles. The molecule has 0 fully saturated rings. The van der Waals surface area contributed by atoms with E-state index in [4.69, 9.17) is 10.00 Å². The van der Waals surface area contributed by atoms with Crippen molar-refractivity contribution in [1.82, 2.24) is 0 Å². The van der Waals surface area contributed by atoms with Gasteiger partial charge in [0.15, 0.2) is 0 Å². The first-order chi connectivity index (χ1) is 7.11. The molecule has 0 saturated heterocycles. The fourth-order valence-corrected chi connectivity index (χ4v) is 1.27. The fraction of sp³-hybridized carbons (Fsp3) is 0.833. The van der Waals surface area contributed by atoms with Gasteiger partial charge in [-0.05, 0) is 26.7 Å². The van der Waals surface area contributed by atoms with Crippen molar-refractivity contribution in [3.63, 3.8) is 0 Å². The summed E-state index contributed by atoms with van der Waals surface area (Å²) in [7, 11) is 0. The number of ether oxygens (including phenoxy) is 1. The molecule has 3 nitrogen and oxygen atoms in total. The summed E-state index contributed by atoms with van der Waals surface area (Å²) in [5.74, 6) is -1.05. The van der Waals surface area contributed by atoms with Gasteiger partial charge in [-0.1, -0.05) is 26.2 Å². The lowest BCUT2D eigenvalue weighted by Gasteiger charge is -2.13. The highest BCUT2D eigenvalue weighted by Crippen LogP contribution is 2.09. The van der Waals surface area contributed by atoms with Gasteiger partial charge in [-0.3, -0.25) is 4.79 Å². The van der Waals surface area contributed by atoms with Gasteiger partial charge in [0.2, 0.25) is 0 Å². The molecule has 15 heavy (non-hydrogen) atoms. The Balaban J connectivity index is 3.61. The minimum atomic E-state index is -0.650. The first kappa shape index (κ1) is 14.0. The SMILES string of the molecule is CCCCCCC(C)OC(=O)C(C)C#N. The van der Waals surface area contributed by atoms with E-state index >= 15 is 0 Å². The summed E-state index contributed by atoms with van der Waals surface area (Å²) in [4.78, 5) is 11.2. The Morgan fingerprint density at radius 2 is 2.00 bits per heavy atom. The van der Waals surface area contributed by atoms with Crippen molar-refractivity contribution in [2.75, 3.05) is 0 Å². The molecule has 3 heteroatoms. The van der Waals surface area contributed by atoms with E-state index in [-0.39, 0.29) is 6.10 Å². The largest absolute Gasteiger partial charge is 0.462 e. The topological polar surface area (TPSA) is 50.1 Å². The summed E-state index contributed by atoms with van der Waals surface area (Å²) in [5.41, 5.74) is 0. The number of nitriles is 1. The number of hydrogen-bond acceptors (Lipinski definition) is 3. The molecule has 86 valence electrons. The Hall–Kier alpha value is -1.04. The molecule has 0 aliphatic heterocycles. The Morgan fingerprint density at radius 1 is 1.33 bits per heavy atom. The summed E-state index contributed by atoms with van der Waals surface area (Å²) in [6.45, 7) is 5.61. The number of unbranched alkanes of at least 4 members (excludes halogenated alkanes) is 3. The molecule has 0 aromatic carbocycles. The monoisotopic (exact) mass is 211 g/mol. The molecule has 2 atom stereocenters. The first-order valence-corrected chi connectivity index (χ1v) is 5.71. The molecule has 0 amide bonds. The van der Waals surface area contributed by atoms with E-state index in [1.54, 1.807) is 6.92 Å².